The Hall–Kier alpha value is -4.14. The molecule has 11 heteroatoms. The van der Waals surface area contributed by atoms with Gasteiger partial charge in [-0.1, -0.05) is 0 Å². The predicted octanol–water partition coefficient (Wildman–Crippen LogP) is 3.22. The molecule has 2 aromatic heterocycles. The van der Waals surface area contributed by atoms with E-state index < -0.39 is 6.17 Å². The van der Waals surface area contributed by atoms with Gasteiger partial charge in [-0.2, -0.15) is 5.26 Å². The Labute approximate surface area is 250 Å². The number of carbonyl (C=O) groups excluding carboxylic acids is 1. The van der Waals surface area contributed by atoms with Crippen molar-refractivity contribution < 1.29 is 9.53 Å². The number of hydrogen-bond donors (Lipinski definition) is 1. The molecule has 3 aliphatic heterocycles. The summed E-state index contributed by atoms with van der Waals surface area (Å²) in [5, 5.41) is 13.9. The summed E-state index contributed by atoms with van der Waals surface area (Å²) in [5.74, 6) is 2.59. The molecule has 0 spiro atoms. The van der Waals surface area contributed by atoms with Crippen molar-refractivity contribution in [3.8, 4) is 23.3 Å². The van der Waals surface area contributed by atoms with Crippen LogP contribution in [0.15, 0.2) is 47.7 Å². The number of hydrogen-bond acceptors (Lipinski definition) is 8. The number of fused-ring (bicyclic) bond motifs is 3. The van der Waals surface area contributed by atoms with Gasteiger partial charge in [0.15, 0.2) is 5.82 Å². The van der Waals surface area contributed by atoms with E-state index in [-0.39, 0.29) is 24.0 Å². The van der Waals surface area contributed by atoms with E-state index in [4.69, 9.17) is 15.5 Å². The number of imidazole rings is 1. The van der Waals surface area contributed by atoms with E-state index in [1.807, 2.05) is 34.3 Å². The van der Waals surface area contributed by atoms with Crippen LogP contribution in [0.25, 0.3) is 22.6 Å². The zero-order valence-corrected chi connectivity index (χ0v) is 24.4. The van der Waals surface area contributed by atoms with Crippen LogP contribution in [0.3, 0.4) is 0 Å². The monoisotopic (exact) mass is 579 g/mol. The van der Waals surface area contributed by atoms with Crippen molar-refractivity contribution in [1.82, 2.24) is 29.0 Å². The van der Waals surface area contributed by atoms with E-state index in [1.165, 1.54) is 12.8 Å². The van der Waals surface area contributed by atoms with Crippen molar-refractivity contribution in [3.63, 3.8) is 0 Å². The normalized spacial score (nSPS) is 28.1. The van der Waals surface area contributed by atoms with Crippen LogP contribution >= 0.6 is 0 Å². The summed E-state index contributed by atoms with van der Waals surface area (Å²) in [6, 6.07) is 10.6. The molecule has 5 aliphatic rings. The van der Waals surface area contributed by atoms with E-state index in [0.717, 1.165) is 61.4 Å². The van der Waals surface area contributed by atoms with Crippen LogP contribution < -0.4 is 10.5 Å². The topological polar surface area (TPSA) is 121 Å². The Bertz CT molecular complexity index is 1680. The van der Waals surface area contributed by atoms with Gasteiger partial charge in [-0.3, -0.25) is 14.8 Å². The van der Waals surface area contributed by atoms with Crippen LogP contribution in [0.2, 0.25) is 0 Å². The first-order valence-electron chi connectivity index (χ1n) is 15.5. The number of piperidine rings is 1. The number of aromatic nitrogens is 3. The SMILES string of the molecule is COc1cc(C(=O)N2C[C@H]3CC[C@@H]2[C@@H]3N)cc2nc(-c3cccn3CC3CC3)n(CC3CCN3N3C=CC=NC3C#N)c12. The predicted molar refractivity (Wildman–Crippen MR) is 162 cm³/mol. The number of ether oxygens (including phenoxy) is 1. The molecule has 2 aliphatic carbocycles. The van der Waals surface area contributed by atoms with Crippen molar-refractivity contribution in [2.24, 2.45) is 22.6 Å². The molecule has 3 aromatic rings. The minimum atomic E-state index is -0.570. The second-order valence-electron chi connectivity index (χ2n) is 12.6. The molecule has 2 saturated carbocycles. The summed E-state index contributed by atoms with van der Waals surface area (Å²) in [4.78, 5) is 25.3. The van der Waals surface area contributed by atoms with Gasteiger partial charge in [0.25, 0.3) is 5.91 Å². The highest BCUT2D eigenvalue weighted by Gasteiger charge is 2.47. The lowest BCUT2D eigenvalue weighted by atomic mass is 10.0. The molecule has 8 rings (SSSR count). The fourth-order valence-electron chi connectivity index (χ4n) is 7.54. The van der Waals surface area contributed by atoms with Crippen LogP contribution in [0.1, 0.15) is 42.5 Å². The number of aliphatic imine (C=N–C) groups is 1. The second-order valence-corrected chi connectivity index (χ2v) is 12.6. The maximum absolute atomic E-state index is 13.8. The van der Waals surface area contributed by atoms with Crippen molar-refractivity contribution in [1.29, 1.82) is 5.26 Å². The average molecular weight is 580 g/mol. The summed E-state index contributed by atoms with van der Waals surface area (Å²) in [5.41, 5.74) is 9.71. The van der Waals surface area contributed by atoms with Crippen LogP contribution in [-0.2, 0) is 13.1 Å². The third kappa shape index (κ3) is 4.34. The highest BCUT2D eigenvalue weighted by Crippen LogP contribution is 2.40. The van der Waals surface area contributed by atoms with Gasteiger partial charge in [-0.15, -0.1) is 0 Å². The van der Waals surface area contributed by atoms with Gasteiger partial charge in [0, 0.05) is 68.5 Å². The number of carbonyl (C=O) groups is 1. The number of hydrazine groups is 1. The Morgan fingerprint density at radius 2 is 2.07 bits per heavy atom. The van der Waals surface area contributed by atoms with Gasteiger partial charge in [-0.05, 0) is 74.3 Å². The summed E-state index contributed by atoms with van der Waals surface area (Å²) in [7, 11) is 1.66. The summed E-state index contributed by atoms with van der Waals surface area (Å²) in [6.07, 6.45) is 12.6. The minimum Gasteiger partial charge on any atom is -0.494 e. The number of likely N-dealkylation sites (tertiary alicyclic amines) is 1. The maximum atomic E-state index is 13.8. The quantitative estimate of drug-likeness (QED) is 0.435. The average Bonchev–Trinajstić information content (AvgIpc) is 3.29. The molecule has 5 heterocycles. The fraction of sp³-hybridized carbons (Fsp3) is 0.500. The number of amides is 1. The van der Waals surface area contributed by atoms with Gasteiger partial charge in [0.2, 0.25) is 6.17 Å². The highest BCUT2D eigenvalue weighted by molar-refractivity contribution is 6.00. The minimum absolute atomic E-state index is 0.00112. The van der Waals surface area contributed by atoms with Crippen LogP contribution in [-0.4, -0.2) is 85.6 Å². The number of methoxy groups -OCH3 is 1. The van der Waals surface area contributed by atoms with Crippen LogP contribution in [0, 0.1) is 23.2 Å². The third-order valence-corrected chi connectivity index (χ3v) is 10.1. The molecule has 222 valence electrons. The van der Waals surface area contributed by atoms with Crippen LogP contribution in [0.4, 0.5) is 0 Å². The van der Waals surface area contributed by atoms with Gasteiger partial charge >= 0.3 is 0 Å². The molecule has 2 N–H and O–H groups in total. The first kappa shape index (κ1) is 26.5. The molecule has 1 amide bonds. The lowest BCUT2D eigenvalue weighted by Gasteiger charge is -2.48. The second kappa shape index (κ2) is 10.2. The Balaban J connectivity index is 1.20. The molecule has 4 fully saturated rings. The zero-order valence-electron chi connectivity index (χ0n) is 24.4. The van der Waals surface area contributed by atoms with Crippen molar-refractivity contribution in [3.05, 3.63) is 48.3 Å². The highest BCUT2D eigenvalue weighted by atomic mass is 16.5. The Kier molecular flexibility index (Phi) is 6.31. The molecule has 0 radical (unpaired) electrons. The Morgan fingerprint density at radius 3 is 2.77 bits per heavy atom. The van der Waals surface area contributed by atoms with Crippen molar-refractivity contribution in [2.75, 3.05) is 20.2 Å². The molecule has 2 unspecified atom stereocenters. The summed E-state index contributed by atoms with van der Waals surface area (Å²) < 4.78 is 10.6. The van der Waals surface area contributed by atoms with Crippen molar-refractivity contribution in [2.45, 2.75) is 69.5 Å². The van der Waals surface area contributed by atoms with Gasteiger partial charge < -0.3 is 24.5 Å². The lowest BCUT2D eigenvalue weighted by molar-refractivity contribution is -0.103. The van der Waals surface area contributed by atoms with E-state index in [2.05, 4.69) is 43.5 Å². The van der Waals surface area contributed by atoms with E-state index >= 15 is 0 Å². The number of allylic oxidation sites excluding steroid dienone is 1. The molecular formula is C32H37N9O2. The zero-order chi connectivity index (χ0) is 29.2. The largest absolute Gasteiger partial charge is 0.494 e. The first-order valence-corrected chi connectivity index (χ1v) is 15.5. The standard InChI is InChI=1S/C32H37N9O2/c1-43-27-15-22(32(42)38-18-21-7-8-25(38)29(21)34)14-24-30(27)39(31(36-24)26-4-2-11-37(26)17-20-5-6-20)19-23-9-13-40(23)41-12-3-10-35-28(41)16-33/h2-4,10-12,14-15,20-21,23,25,28-29H,5-9,13,17-19,34H2,1H3/t21-,23?,25-,28?,29-/m1/s1. The van der Waals surface area contributed by atoms with Gasteiger partial charge in [0.1, 0.15) is 17.3 Å². The number of rotatable bonds is 8. The molecule has 5 atom stereocenters. The van der Waals surface area contributed by atoms with E-state index in [1.54, 1.807) is 13.3 Å². The van der Waals surface area contributed by atoms with Gasteiger partial charge in [-0.25, -0.2) is 9.99 Å². The first-order chi connectivity index (χ1) is 21.0. The fourth-order valence-corrected chi connectivity index (χ4v) is 7.54. The van der Waals surface area contributed by atoms with Crippen molar-refractivity contribution >= 4 is 23.2 Å². The number of benzene rings is 1. The van der Waals surface area contributed by atoms with Gasteiger partial charge in [0.05, 0.1) is 18.3 Å². The molecule has 43 heavy (non-hydrogen) atoms. The molecular weight excluding hydrogens is 542 g/mol. The number of nitrogens with zero attached hydrogens (tertiary/aromatic N) is 8. The maximum Gasteiger partial charge on any atom is 0.254 e. The smallest absolute Gasteiger partial charge is 0.254 e. The lowest BCUT2D eigenvalue weighted by Crippen LogP contribution is -2.59. The summed E-state index contributed by atoms with van der Waals surface area (Å²) >= 11 is 0. The van der Waals surface area contributed by atoms with E-state index in [0.29, 0.717) is 29.7 Å². The van der Waals surface area contributed by atoms with E-state index in [9.17, 15) is 10.1 Å². The number of nitriles is 1. The Morgan fingerprint density at radius 1 is 1.19 bits per heavy atom. The molecule has 11 nitrogen and oxygen atoms in total. The van der Waals surface area contributed by atoms with Crippen LogP contribution in [0.5, 0.6) is 5.75 Å². The molecule has 2 bridgehead atoms. The number of nitrogens with two attached hydrogens (primary N) is 1. The molecule has 1 aromatic carbocycles. The molecule has 2 saturated heterocycles. The summed E-state index contributed by atoms with van der Waals surface area (Å²) in [6.45, 7) is 3.19. The third-order valence-electron chi connectivity index (χ3n) is 10.1.